The van der Waals surface area contributed by atoms with Crippen LogP contribution in [0, 0.1) is 0 Å². The summed E-state index contributed by atoms with van der Waals surface area (Å²) in [7, 11) is 0. The highest BCUT2D eigenvalue weighted by Crippen LogP contribution is 2.11. The number of nitrogens with one attached hydrogen (secondary N) is 2. The molecule has 1 rings (SSSR count). The second kappa shape index (κ2) is 12.1. The van der Waals surface area contributed by atoms with E-state index in [0.717, 1.165) is 12.0 Å². The Morgan fingerprint density at radius 2 is 1.43 bits per heavy atom. The number of esters is 2. The van der Waals surface area contributed by atoms with Crippen LogP contribution in [0.2, 0.25) is 0 Å². The number of rotatable bonds is 12. The molecule has 28 heavy (non-hydrogen) atoms. The van der Waals surface area contributed by atoms with Gasteiger partial charge in [0, 0.05) is 6.42 Å². The Kier molecular flexibility index (Phi) is 10.2. The first kappa shape index (κ1) is 23.6. The smallest absolute Gasteiger partial charge is 0.359 e. The summed E-state index contributed by atoms with van der Waals surface area (Å²) >= 11 is 0. The molecule has 7 nitrogen and oxygen atoms in total. The first-order valence-corrected chi connectivity index (χ1v) is 9.91. The van der Waals surface area contributed by atoms with Crippen molar-refractivity contribution in [1.82, 2.24) is 10.6 Å². The molecule has 0 aliphatic heterocycles. The fraction of sp³-hybridized carbons (Fsp3) is 0.571. The van der Waals surface area contributed by atoms with Crippen molar-refractivity contribution < 1.29 is 23.9 Å². The van der Waals surface area contributed by atoms with Crippen LogP contribution in [-0.4, -0.2) is 43.3 Å². The van der Waals surface area contributed by atoms with Crippen molar-refractivity contribution >= 4 is 17.8 Å². The van der Waals surface area contributed by atoms with Crippen molar-refractivity contribution in [3.05, 3.63) is 35.4 Å². The zero-order valence-electron chi connectivity index (χ0n) is 17.3. The summed E-state index contributed by atoms with van der Waals surface area (Å²) in [6.45, 7) is 7.72. The molecule has 0 unspecified atom stereocenters. The van der Waals surface area contributed by atoms with Crippen LogP contribution < -0.4 is 10.6 Å². The zero-order chi connectivity index (χ0) is 21.0. The summed E-state index contributed by atoms with van der Waals surface area (Å²) in [4.78, 5) is 37.7. The van der Waals surface area contributed by atoms with Crippen molar-refractivity contribution in [1.29, 1.82) is 0 Å². The number of aryl methyl sites for hydroxylation is 2. The van der Waals surface area contributed by atoms with Gasteiger partial charge in [-0.05, 0) is 50.8 Å². The van der Waals surface area contributed by atoms with Gasteiger partial charge in [0.05, 0.1) is 13.2 Å². The number of carbonyl (C=O) groups excluding carboxylic acids is 3. The summed E-state index contributed by atoms with van der Waals surface area (Å²) in [6, 6.07) is 8.01. The molecule has 0 radical (unpaired) electrons. The highest BCUT2D eigenvalue weighted by atomic mass is 16.6. The molecular formula is C21H32N2O5. The first-order chi connectivity index (χ1) is 13.4. The molecular weight excluding hydrogens is 360 g/mol. The minimum Gasteiger partial charge on any atom is -0.463 e. The van der Waals surface area contributed by atoms with E-state index in [1.807, 2.05) is 31.2 Å². The fourth-order valence-corrected chi connectivity index (χ4v) is 2.64. The molecule has 0 saturated carbocycles. The molecule has 0 fully saturated rings. The predicted octanol–water partition coefficient (Wildman–Crippen LogP) is 2.12. The molecule has 1 amide bonds. The van der Waals surface area contributed by atoms with Gasteiger partial charge in [-0.15, -0.1) is 0 Å². The number of hydrogen-bond acceptors (Lipinski definition) is 6. The number of hydrogen-bond donors (Lipinski definition) is 2. The molecule has 0 aliphatic carbocycles. The Hall–Kier alpha value is -2.41. The molecule has 156 valence electrons. The topological polar surface area (TPSA) is 93.7 Å². The van der Waals surface area contributed by atoms with Crippen LogP contribution >= 0.6 is 0 Å². The fourth-order valence-electron chi connectivity index (χ4n) is 2.64. The second-order valence-corrected chi connectivity index (χ2v) is 6.34. The molecule has 0 saturated heterocycles. The van der Waals surface area contributed by atoms with Gasteiger partial charge in [0.25, 0.3) is 5.66 Å². The van der Waals surface area contributed by atoms with Crippen molar-refractivity contribution in [2.75, 3.05) is 19.8 Å². The first-order valence-electron chi connectivity index (χ1n) is 9.91. The maximum absolute atomic E-state index is 12.6. The Balaban J connectivity index is 2.92. The van der Waals surface area contributed by atoms with E-state index in [2.05, 4.69) is 17.6 Å². The lowest BCUT2D eigenvalue weighted by Crippen LogP contribution is -2.70. The highest BCUT2D eigenvalue weighted by molar-refractivity contribution is 6.07. The Bertz CT molecular complexity index is 625. The van der Waals surface area contributed by atoms with Gasteiger partial charge in [-0.2, -0.15) is 0 Å². The van der Waals surface area contributed by atoms with Crippen LogP contribution in [0.3, 0.4) is 0 Å². The lowest BCUT2D eigenvalue weighted by molar-refractivity contribution is -0.170. The van der Waals surface area contributed by atoms with E-state index in [9.17, 15) is 14.4 Å². The maximum atomic E-state index is 12.6. The molecule has 0 bridgehead atoms. The van der Waals surface area contributed by atoms with Crippen molar-refractivity contribution in [3.8, 4) is 0 Å². The molecule has 0 heterocycles. The molecule has 7 heteroatoms. The summed E-state index contributed by atoms with van der Waals surface area (Å²) < 4.78 is 10.1. The van der Waals surface area contributed by atoms with E-state index in [1.54, 1.807) is 13.8 Å². The summed E-state index contributed by atoms with van der Waals surface area (Å²) in [5.41, 5.74) is 0.192. The summed E-state index contributed by atoms with van der Waals surface area (Å²) in [5.74, 6) is -2.19. The van der Waals surface area contributed by atoms with Gasteiger partial charge in [-0.1, -0.05) is 38.1 Å². The van der Waals surface area contributed by atoms with Gasteiger partial charge in [-0.25, -0.2) is 9.59 Å². The Labute approximate surface area is 167 Å². The minimum atomic E-state index is -2.04. The van der Waals surface area contributed by atoms with Crippen LogP contribution in [0.5, 0.6) is 0 Å². The Morgan fingerprint density at radius 1 is 0.893 bits per heavy atom. The Morgan fingerprint density at radius 3 is 1.89 bits per heavy atom. The van der Waals surface area contributed by atoms with Crippen molar-refractivity contribution in [2.24, 2.45) is 0 Å². The molecule has 0 aromatic heterocycles. The predicted molar refractivity (Wildman–Crippen MR) is 107 cm³/mol. The van der Waals surface area contributed by atoms with Gasteiger partial charge in [0.1, 0.15) is 0 Å². The van der Waals surface area contributed by atoms with E-state index < -0.39 is 23.5 Å². The van der Waals surface area contributed by atoms with Crippen LogP contribution in [0.1, 0.15) is 51.7 Å². The summed E-state index contributed by atoms with van der Waals surface area (Å²) in [5, 5.41) is 5.34. The standard InChI is InChI=1S/C21H32N2O5/c1-5-15-22-21(19(25)27-7-3,20(26)28-8-4)23-18(24)14-13-17-11-9-16(6-2)10-12-17/h9-12,22H,5-8,13-15H2,1-4H3,(H,23,24). The van der Waals surface area contributed by atoms with Crippen molar-refractivity contribution in [2.45, 2.75) is 59.0 Å². The average molecular weight is 392 g/mol. The van der Waals surface area contributed by atoms with Gasteiger partial charge < -0.3 is 14.8 Å². The zero-order valence-corrected chi connectivity index (χ0v) is 17.3. The molecule has 1 aromatic carbocycles. The summed E-state index contributed by atoms with van der Waals surface area (Å²) in [6.07, 6.45) is 2.22. The van der Waals surface area contributed by atoms with Gasteiger partial charge in [-0.3, -0.25) is 10.1 Å². The monoisotopic (exact) mass is 392 g/mol. The molecule has 0 aliphatic rings. The van der Waals surface area contributed by atoms with Gasteiger partial charge >= 0.3 is 11.9 Å². The quantitative estimate of drug-likeness (QED) is 0.321. The van der Waals surface area contributed by atoms with E-state index in [4.69, 9.17) is 9.47 Å². The minimum absolute atomic E-state index is 0.0768. The largest absolute Gasteiger partial charge is 0.463 e. The average Bonchev–Trinajstić information content (AvgIpc) is 2.70. The molecule has 0 spiro atoms. The van der Waals surface area contributed by atoms with Crippen LogP contribution in [0.15, 0.2) is 24.3 Å². The van der Waals surface area contributed by atoms with Crippen LogP contribution in [0.4, 0.5) is 0 Å². The number of ether oxygens (including phenoxy) is 2. The third kappa shape index (κ3) is 6.64. The molecule has 1 aromatic rings. The van der Waals surface area contributed by atoms with E-state index in [1.165, 1.54) is 5.56 Å². The number of amides is 1. The molecule has 0 atom stereocenters. The van der Waals surface area contributed by atoms with Crippen LogP contribution in [0.25, 0.3) is 0 Å². The molecule has 2 N–H and O–H groups in total. The van der Waals surface area contributed by atoms with Gasteiger partial charge in [0.15, 0.2) is 0 Å². The SMILES string of the molecule is CCCNC(NC(=O)CCc1ccc(CC)cc1)(C(=O)OCC)C(=O)OCC. The third-order valence-corrected chi connectivity index (χ3v) is 4.20. The lowest BCUT2D eigenvalue weighted by Gasteiger charge is -2.30. The van der Waals surface area contributed by atoms with Crippen LogP contribution in [-0.2, 0) is 36.7 Å². The number of benzene rings is 1. The number of carbonyl (C=O) groups is 3. The lowest BCUT2D eigenvalue weighted by atomic mass is 10.0. The normalized spacial score (nSPS) is 11.0. The van der Waals surface area contributed by atoms with E-state index >= 15 is 0 Å². The third-order valence-electron chi connectivity index (χ3n) is 4.20. The van der Waals surface area contributed by atoms with Gasteiger partial charge in [0.2, 0.25) is 5.91 Å². The highest BCUT2D eigenvalue weighted by Gasteiger charge is 2.50. The maximum Gasteiger partial charge on any atom is 0.359 e. The van der Waals surface area contributed by atoms with E-state index in [0.29, 0.717) is 19.4 Å². The van der Waals surface area contributed by atoms with Crippen molar-refractivity contribution in [3.63, 3.8) is 0 Å². The van der Waals surface area contributed by atoms with E-state index in [-0.39, 0.29) is 19.6 Å². The second-order valence-electron chi connectivity index (χ2n) is 6.34.